The Morgan fingerprint density at radius 1 is 1.13 bits per heavy atom. The van der Waals surface area contributed by atoms with Crippen LogP contribution in [0.1, 0.15) is 49.7 Å². The van der Waals surface area contributed by atoms with E-state index in [2.05, 4.69) is 45.7 Å². The van der Waals surface area contributed by atoms with Crippen molar-refractivity contribution in [2.45, 2.75) is 51.9 Å². The van der Waals surface area contributed by atoms with Gasteiger partial charge in [0, 0.05) is 11.4 Å². The van der Waals surface area contributed by atoms with Crippen molar-refractivity contribution in [1.82, 2.24) is 4.98 Å². The van der Waals surface area contributed by atoms with Crippen LogP contribution < -0.4 is 0 Å². The summed E-state index contributed by atoms with van der Waals surface area (Å²) in [6.07, 6.45) is 0.928. The summed E-state index contributed by atoms with van der Waals surface area (Å²) < 4.78 is 0. The molecule has 0 bridgehead atoms. The fourth-order valence-electron chi connectivity index (χ4n) is 3.47. The van der Waals surface area contributed by atoms with Gasteiger partial charge in [-0.05, 0) is 43.7 Å². The molecule has 1 heterocycles. The molecule has 1 N–H and O–H groups in total. The van der Waals surface area contributed by atoms with E-state index in [1.807, 2.05) is 0 Å². The van der Waals surface area contributed by atoms with Gasteiger partial charge in [-0.2, -0.15) is 5.26 Å². The van der Waals surface area contributed by atoms with E-state index >= 15 is 0 Å². The van der Waals surface area contributed by atoms with E-state index in [4.69, 9.17) is 0 Å². The van der Waals surface area contributed by atoms with Gasteiger partial charge in [0.05, 0.1) is 11.5 Å². The molecule has 0 aliphatic heterocycles. The molecule has 0 unspecified atom stereocenters. The Balaban J connectivity index is 2.78. The molecule has 1 aromatic heterocycles. The lowest BCUT2D eigenvalue weighted by atomic mass is 9.80. The van der Waals surface area contributed by atoms with Crippen LogP contribution in [-0.4, -0.2) is 4.98 Å². The van der Waals surface area contributed by atoms with Crippen molar-refractivity contribution in [2.75, 3.05) is 0 Å². The predicted molar refractivity (Wildman–Crippen MR) is 60.9 cm³/mol. The molecule has 0 saturated heterocycles. The molecule has 1 aliphatic rings. The Hall–Kier alpha value is -1.23. The zero-order chi connectivity index (χ0) is 11.4. The first-order valence-electron chi connectivity index (χ1n) is 5.43. The van der Waals surface area contributed by atoms with Crippen LogP contribution in [0.25, 0.3) is 0 Å². The number of fused-ring (bicyclic) bond motifs is 1. The maximum absolute atomic E-state index is 9.37. The van der Waals surface area contributed by atoms with Crippen LogP contribution in [-0.2, 0) is 10.8 Å². The second-order valence-corrected chi connectivity index (χ2v) is 5.63. The van der Waals surface area contributed by atoms with Crippen molar-refractivity contribution in [3.05, 3.63) is 22.5 Å². The minimum absolute atomic E-state index is 0.120. The molecular weight excluding hydrogens is 184 g/mol. The molecule has 1 aromatic rings. The van der Waals surface area contributed by atoms with Gasteiger partial charge in [-0.3, -0.25) is 0 Å². The Morgan fingerprint density at radius 3 is 2.20 bits per heavy atom. The van der Waals surface area contributed by atoms with Crippen LogP contribution in [0, 0.1) is 25.2 Å². The molecule has 0 fully saturated rings. The van der Waals surface area contributed by atoms with Gasteiger partial charge in [-0.1, -0.05) is 13.8 Å². The van der Waals surface area contributed by atoms with Crippen molar-refractivity contribution >= 4 is 0 Å². The third-order valence-electron chi connectivity index (χ3n) is 3.65. The number of hydrogen-bond donors (Lipinski definition) is 1. The average molecular weight is 202 g/mol. The van der Waals surface area contributed by atoms with E-state index < -0.39 is 0 Å². The van der Waals surface area contributed by atoms with Gasteiger partial charge in [-0.15, -0.1) is 0 Å². The summed E-state index contributed by atoms with van der Waals surface area (Å²) in [6.45, 7) is 10.7. The number of H-pyrrole nitrogens is 1. The Morgan fingerprint density at radius 2 is 1.67 bits per heavy atom. The lowest BCUT2D eigenvalue weighted by Gasteiger charge is -2.22. The first kappa shape index (κ1) is 10.3. The number of rotatable bonds is 0. The fourth-order valence-corrected chi connectivity index (χ4v) is 3.47. The maximum Gasteiger partial charge on any atom is 0.0822 e. The molecule has 15 heavy (non-hydrogen) atoms. The number of aromatic nitrogens is 1. The fraction of sp³-hybridized carbons (Fsp3) is 0.615. The van der Waals surface area contributed by atoms with Gasteiger partial charge in [0.2, 0.25) is 0 Å². The van der Waals surface area contributed by atoms with Gasteiger partial charge < -0.3 is 4.98 Å². The summed E-state index contributed by atoms with van der Waals surface area (Å²) in [5.41, 5.74) is 4.81. The summed E-state index contributed by atoms with van der Waals surface area (Å²) in [5, 5.41) is 9.37. The third-order valence-corrected chi connectivity index (χ3v) is 3.65. The first-order chi connectivity index (χ1) is 6.82. The zero-order valence-corrected chi connectivity index (χ0v) is 10.2. The van der Waals surface area contributed by atoms with Crippen molar-refractivity contribution in [1.29, 1.82) is 5.26 Å². The van der Waals surface area contributed by atoms with Crippen molar-refractivity contribution in [2.24, 2.45) is 0 Å². The van der Waals surface area contributed by atoms with Gasteiger partial charge >= 0.3 is 0 Å². The van der Waals surface area contributed by atoms with Gasteiger partial charge in [-0.25, -0.2) is 0 Å². The molecule has 0 aromatic carbocycles. The molecule has 2 rings (SSSR count). The number of nitriles is 1. The zero-order valence-electron chi connectivity index (χ0n) is 10.2. The first-order valence-corrected chi connectivity index (χ1v) is 5.43. The summed E-state index contributed by atoms with van der Waals surface area (Å²) in [5.74, 6) is 0. The van der Waals surface area contributed by atoms with Gasteiger partial charge in [0.15, 0.2) is 0 Å². The van der Waals surface area contributed by atoms with Crippen LogP contribution in [0.4, 0.5) is 0 Å². The standard InChI is InChI=1S/C13H18N2/c1-8-10-11(9(2)15-8)13(5,7-14)6-12(10,3)4/h15H,6H2,1-5H3/t13-/m0/s1. The Bertz CT molecular complexity index is 460. The topological polar surface area (TPSA) is 39.6 Å². The molecule has 80 valence electrons. The van der Waals surface area contributed by atoms with E-state index in [1.54, 1.807) is 0 Å². The number of nitrogens with zero attached hydrogens (tertiary/aromatic N) is 1. The second-order valence-electron chi connectivity index (χ2n) is 5.63. The third kappa shape index (κ3) is 1.16. The quantitative estimate of drug-likeness (QED) is 0.690. The maximum atomic E-state index is 9.37. The normalized spacial score (nSPS) is 27.5. The van der Waals surface area contributed by atoms with Crippen LogP contribution >= 0.6 is 0 Å². The summed E-state index contributed by atoms with van der Waals surface area (Å²) in [7, 11) is 0. The van der Waals surface area contributed by atoms with E-state index in [0.29, 0.717) is 0 Å². The molecule has 0 saturated carbocycles. The SMILES string of the molecule is Cc1[nH]c(C)c2c1C(C)(C)C[C@@]2(C)C#N. The van der Waals surface area contributed by atoms with Crippen LogP contribution in [0.5, 0.6) is 0 Å². The molecule has 0 amide bonds. The number of nitrogens with one attached hydrogen (secondary N) is 1. The van der Waals surface area contributed by atoms with Crippen molar-refractivity contribution in [3.63, 3.8) is 0 Å². The van der Waals surface area contributed by atoms with E-state index in [1.165, 1.54) is 16.8 Å². The van der Waals surface area contributed by atoms with Crippen molar-refractivity contribution in [3.8, 4) is 6.07 Å². The molecule has 0 radical (unpaired) electrons. The minimum Gasteiger partial charge on any atom is -0.362 e. The minimum atomic E-state index is -0.312. The molecule has 1 atom stereocenters. The van der Waals surface area contributed by atoms with Gasteiger partial charge in [0.1, 0.15) is 0 Å². The Kier molecular flexibility index (Phi) is 1.83. The smallest absolute Gasteiger partial charge is 0.0822 e. The van der Waals surface area contributed by atoms with Crippen LogP contribution in [0.15, 0.2) is 0 Å². The summed E-state index contributed by atoms with van der Waals surface area (Å²) >= 11 is 0. The highest BCUT2D eigenvalue weighted by Gasteiger charge is 2.48. The highest BCUT2D eigenvalue weighted by molar-refractivity contribution is 5.54. The number of hydrogen-bond acceptors (Lipinski definition) is 1. The van der Waals surface area contributed by atoms with E-state index in [0.717, 1.165) is 12.1 Å². The van der Waals surface area contributed by atoms with Crippen LogP contribution in [0.3, 0.4) is 0 Å². The van der Waals surface area contributed by atoms with Crippen molar-refractivity contribution < 1.29 is 0 Å². The molecular formula is C13H18N2. The average Bonchev–Trinajstić information content (AvgIpc) is 2.51. The largest absolute Gasteiger partial charge is 0.362 e. The predicted octanol–water partition coefficient (Wildman–Crippen LogP) is 3.09. The summed E-state index contributed by atoms with van der Waals surface area (Å²) in [4.78, 5) is 3.37. The molecule has 1 aliphatic carbocycles. The van der Waals surface area contributed by atoms with Gasteiger partial charge in [0.25, 0.3) is 0 Å². The summed E-state index contributed by atoms with van der Waals surface area (Å²) in [6, 6.07) is 2.49. The van der Waals surface area contributed by atoms with E-state index in [9.17, 15) is 5.26 Å². The number of aryl methyl sites for hydroxylation is 2. The Labute approximate surface area is 91.3 Å². The highest BCUT2D eigenvalue weighted by Crippen LogP contribution is 2.51. The number of aromatic amines is 1. The monoisotopic (exact) mass is 202 g/mol. The highest BCUT2D eigenvalue weighted by atomic mass is 14.8. The molecule has 2 nitrogen and oxygen atoms in total. The molecule has 2 heteroatoms. The van der Waals surface area contributed by atoms with E-state index in [-0.39, 0.29) is 10.8 Å². The molecule has 0 spiro atoms. The lowest BCUT2D eigenvalue weighted by Crippen LogP contribution is -2.21. The second kappa shape index (κ2) is 2.66. The lowest BCUT2D eigenvalue weighted by molar-refractivity contribution is 0.436. The van der Waals surface area contributed by atoms with Crippen LogP contribution in [0.2, 0.25) is 0 Å².